The zero-order chi connectivity index (χ0) is 11.1. The quantitative estimate of drug-likeness (QED) is 0.742. The number of nitrogens with zero attached hydrogens (tertiary/aromatic N) is 2. The summed E-state index contributed by atoms with van der Waals surface area (Å²) in [6.07, 6.45) is 1.54. The fourth-order valence-electron chi connectivity index (χ4n) is 2.03. The first kappa shape index (κ1) is 9.03. The summed E-state index contributed by atoms with van der Waals surface area (Å²) in [5, 5.41) is 0. The van der Waals surface area contributed by atoms with Crippen molar-refractivity contribution in [1.29, 1.82) is 0 Å². The minimum atomic E-state index is -0.456. The van der Waals surface area contributed by atoms with E-state index in [0.717, 1.165) is 22.5 Å². The lowest BCUT2D eigenvalue weighted by molar-refractivity contribution is -0.114. The van der Waals surface area contributed by atoms with E-state index in [2.05, 4.69) is 9.98 Å². The van der Waals surface area contributed by atoms with Gasteiger partial charge in [0, 0.05) is 17.4 Å². The molecule has 0 bridgehead atoms. The van der Waals surface area contributed by atoms with Crippen LogP contribution in [0.3, 0.4) is 0 Å². The number of fused-ring (bicyclic) bond motifs is 3. The molecule has 2 aliphatic rings. The summed E-state index contributed by atoms with van der Waals surface area (Å²) in [5.74, 6) is -0.456. The molecular weight excluding hydrogens is 202 g/mol. The molecule has 0 unspecified atom stereocenters. The van der Waals surface area contributed by atoms with E-state index in [1.54, 1.807) is 6.21 Å². The maximum absolute atomic E-state index is 11.3. The fourth-order valence-corrected chi connectivity index (χ4v) is 2.03. The van der Waals surface area contributed by atoms with E-state index in [1.807, 2.05) is 24.3 Å². The van der Waals surface area contributed by atoms with Crippen molar-refractivity contribution in [1.82, 2.24) is 0 Å². The van der Waals surface area contributed by atoms with Crippen molar-refractivity contribution in [3.63, 3.8) is 0 Å². The molecule has 78 valence electrons. The number of dihydropyridines is 1. The molecule has 0 aromatic heterocycles. The summed E-state index contributed by atoms with van der Waals surface area (Å²) in [6, 6.07) is 7.72. The summed E-state index contributed by atoms with van der Waals surface area (Å²) >= 11 is 0. The van der Waals surface area contributed by atoms with Crippen LogP contribution in [0.1, 0.15) is 5.56 Å². The Kier molecular flexibility index (Phi) is 1.77. The number of hydrogen-bond acceptors (Lipinski definition) is 3. The number of rotatable bonds is 1. The van der Waals surface area contributed by atoms with Gasteiger partial charge in [0.15, 0.2) is 0 Å². The highest BCUT2D eigenvalue weighted by atomic mass is 16.1. The topological polar surface area (TPSA) is 67.8 Å². The molecule has 0 saturated carbocycles. The SMILES string of the molecule is NC(=O)C1=C2C(=Nc3ccccc32)CN=C1. The van der Waals surface area contributed by atoms with Crippen LogP contribution in [-0.2, 0) is 4.79 Å². The molecule has 0 fully saturated rings. The molecule has 2 aliphatic heterocycles. The van der Waals surface area contributed by atoms with Gasteiger partial charge in [-0.25, -0.2) is 0 Å². The number of carbonyl (C=O) groups is 1. The Morgan fingerprint density at radius 1 is 1.31 bits per heavy atom. The average Bonchev–Trinajstić information content (AvgIpc) is 2.66. The predicted octanol–water partition coefficient (Wildman–Crippen LogP) is 1.10. The Balaban J connectivity index is 2.30. The van der Waals surface area contributed by atoms with Crippen molar-refractivity contribution in [2.24, 2.45) is 15.7 Å². The molecule has 0 saturated heterocycles. The monoisotopic (exact) mass is 211 g/mol. The van der Waals surface area contributed by atoms with Gasteiger partial charge in [-0.05, 0) is 6.07 Å². The van der Waals surface area contributed by atoms with Gasteiger partial charge >= 0.3 is 0 Å². The van der Waals surface area contributed by atoms with E-state index in [9.17, 15) is 4.79 Å². The maximum Gasteiger partial charge on any atom is 0.250 e. The third-order valence-electron chi connectivity index (χ3n) is 2.71. The van der Waals surface area contributed by atoms with Gasteiger partial charge in [-0.2, -0.15) is 0 Å². The molecule has 2 heterocycles. The summed E-state index contributed by atoms with van der Waals surface area (Å²) in [4.78, 5) is 19.9. The Labute approximate surface area is 92.2 Å². The van der Waals surface area contributed by atoms with E-state index in [4.69, 9.17) is 5.73 Å². The van der Waals surface area contributed by atoms with Crippen molar-refractivity contribution in [2.75, 3.05) is 6.54 Å². The lowest BCUT2D eigenvalue weighted by Gasteiger charge is -2.10. The molecule has 3 rings (SSSR count). The highest BCUT2D eigenvalue weighted by molar-refractivity contribution is 6.40. The first-order valence-electron chi connectivity index (χ1n) is 4.98. The summed E-state index contributed by atoms with van der Waals surface area (Å²) in [7, 11) is 0. The Bertz CT molecular complexity index is 582. The highest BCUT2D eigenvalue weighted by Crippen LogP contribution is 2.37. The second kappa shape index (κ2) is 3.13. The van der Waals surface area contributed by atoms with Crippen LogP contribution in [0.2, 0.25) is 0 Å². The van der Waals surface area contributed by atoms with Gasteiger partial charge in [-0.1, -0.05) is 18.2 Å². The zero-order valence-corrected chi connectivity index (χ0v) is 8.47. The second-order valence-electron chi connectivity index (χ2n) is 3.70. The van der Waals surface area contributed by atoms with Crippen LogP contribution in [-0.4, -0.2) is 24.4 Å². The number of amides is 1. The Morgan fingerprint density at radius 3 is 2.94 bits per heavy atom. The van der Waals surface area contributed by atoms with Gasteiger partial charge in [-0.15, -0.1) is 0 Å². The third kappa shape index (κ3) is 1.13. The van der Waals surface area contributed by atoms with Crippen molar-refractivity contribution in [2.45, 2.75) is 0 Å². The minimum Gasteiger partial charge on any atom is -0.366 e. The number of para-hydroxylation sites is 1. The van der Waals surface area contributed by atoms with Crippen LogP contribution in [0.4, 0.5) is 5.69 Å². The predicted molar refractivity (Wildman–Crippen MR) is 63.0 cm³/mol. The maximum atomic E-state index is 11.3. The van der Waals surface area contributed by atoms with E-state index in [0.29, 0.717) is 12.1 Å². The van der Waals surface area contributed by atoms with Crippen molar-refractivity contribution >= 4 is 29.1 Å². The smallest absolute Gasteiger partial charge is 0.250 e. The lowest BCUT2D eigenvalue weighted by Crippen LogP contribution is -2.22. The number of carbonyl (C=O) groups excluding carboxylic acids is 1. The van der Waals surface area contributed by atoms with Crippen LogP contribution in [0.25, 0.3) is 5.57 Å². The third-order valence-corrected chi connectivity index (χ3v) is 2.71. The highest BCUT2D eigenvalue weighted by Gasteiger charge is 2.27. The largest absolute Gasteiger partial charge is 0.366 e. The van der Waals surface area contributed by atoms with Gasteiger partial charge in [0.1, 0.15) is 0 Å². The van der Waals surface area contributed by atoms with Crippen LogP contribution in [0.15, 0.2) is 39.8 Å². The molecule has 0 spiro atoms. The van der Waals surface area contributed by atoms with Crippen LogP contribution in [0.5, 0.6) is 0 Å². The Hall–Kier alpha value is -2.23. The molecule has 4 nitrogen and oxygen atoms in total. The number of nitrogens with two attached hydrogens (primary N) is 1. The van der Waals surface area contributed by atoms with Crippen LogP contribution >= 0.6 is 0 Å². The van der Waals surface area contributed by atoms with E-state index >= 15 is 0 Å². The van der Waals surface area contributed by atoms with Crippen molar-refractivity contribution < 1.29 is 4.79 Å². The van der Waals surface area contributed by atoms with Crippen molar-refractivity contribution in [3.8, 4) is 0 Å². The number of aliphatic imine (C=N–C) groups is 2. The molecular formula is C12H9N3O. The van der Waals surface area contributed by atoms with Gasteiger partial charge < -0.3 is 5.73 Å². The van der Waals surface area contributed by atoms with Crippen LogP contribution < -0.4 is 5.73 Å². The lowest BCUT2D eigenvalue weighted by atomic mass is 9.95. The molecule has 4 heteroatoms. The molecule has 1 amide bonds. The number of primary amides is 1. The first-order valence-corrected chi connectivity index (χ1v) is 4.98. The van der Waals surface area contributed by atoms with Gasteiger partial charge in [-0.3, -0.25) is 14.8 Å². The summed E-state index contributed by atoms with van der Waals surface area (Å²) in [5.41, 5.74) is 9.32. The second-order valence-corrected chi connectivity index (χ2v) is 3.70. The first-order chi connectivity index (χ1) is 7.77. The fraction of sp³-hybridized carbons (Fsp3) is 0.0833. The molecule has 16 heavy (non-hydrogen) atoms. The van der Waals surface area contributed by atoms with Gasteiger partial charge in [0.05, 0.1) is 23.5 Å². The number of hydrogen-bond donors (Lipinski definition) is 1. The standard InChI is InChI=1S/C12H9N3O/c13-12(16)8-5-14-6-10-11(8)7-3-1-2-4-9(7)15-10/h1-5H,6H2,(H2,13,16). The molecule has 0 aliphatic carbocycles. The zero-order valence-electron chi connectivity index (χ0n) is 8.47. The minimum absolute atomic E-state index is 0.454. The van der Waals surface area contributed by atoms with Gasteiger partial charge in [0.2, 0.25) is 0 Å². The van der Waals surface area contributed by atoms with E-state index < -0.39 is 5.91 Å². The normalized spacial score (nSPS) is 16.9. The van der Waals surface area contributed by atoms with Gasteiger partial charge in [0.25, 0.3) is 5.91 Å². The van der Waals surface area contributed by atoms with Crippen LogP contribution in [0, 0.1) is 0 Å². The van der Waals surface area contributed by atoms with E-state index in [1.165, 1.54) is 0 Å². The summed E-state index contributed by atoms with van der Waals surface area (Å²) < 4.78 is 0. The Morgan fingerprint density at radius 2 is 2.12 bits per heavy atom. The average molecular weight is 211 g/mol. The molecule has 2 N–H and O–H groups in total. The molecule has 0 radical (unpaired) electrons. The van der Waals surface area contributed by atoms with Crippen molar-refractivity contribution in [3.05, 3.63) is 35.4 Å². The summed E-state index contributed by atoms with van der Waals surface area (Å²) in [6.45, 7) is 0.515. The van der Waals surface area contributed by atoms with E-state index in [-0.39, 0.29) is 0 Å². The molecule has 1 aromatic rings. The number of benzene rings is 1. The molecule has 1 aromatic carbocycles. The molecule has 0 atom stereocenters.